The predicted octanol–water partition coefficient (Wildman–Crippen LogP) is 2.51. The molecule has 1 atom stereocenters. The summed E-state index contributed by atoms with van der Waals surface area (Å²) in [5, 5.41) is 6.58. The fraction of sp³-hybridized carbons (Fsp3) is 0.455. The Labute approximate surface area is 99.4 Å². The predicted molar refractivity (Wildman–Crippen MR) is 64.7 cm³/mol. The number of amides is 1. The van der Waals surface area contributed by atoms with Gasteiger partial charge in [-0.3, -0.25) is 4.79 Å². The Kier molecular flexibility index (Phi) is 3.01. The number of carbonyl (C=O) groups is 1. The standard InChI is InChI=1S/C11H14ClN3O/c1-6(2)8-4-10(16)14-9-3-7(12)5-13-11(9)15-8/h3,5-6,8H,4H2,1-2H3,(H,13,15)(H,14,16). The van der Waals surface area contributed by atoms with Gasteiger partial charge in [0.05, 0.1) is 10.7 Å². The number of nitrogens with zero attached hydrogens (tertiary/aromatic N) is 1. The molecule has 0 saturated carbocycles. The topological polar surface area (TPSA) is 54.0 Å². The molecule has 2 rings (SSSR count). The monoisotopic (exact) mass is 239 g/mol. The van der Waals surface area contributed by atoms with E-state index in [2.05, 4.69) is 29.5 Å². The summed E-state index contributed by atoms with van der Waals surface area (Å²) >= 11 is 5.84. The van der Waals surface area contributed by atoms with Gasteiger partial charge in [0.2, 0.25) is 5.91 Å². The summed E-state index contributed by atoms with van der Waals surface area (Å²) in [6, 6.07) is 1.81. The zero-order chi connectivity index (χ0) is 11.7. The summed E-state index contributed by atoms with van der Waals surface area (Å²) < 4.78 is 0. The molecule has 0 aliphatic carbocycles. The van der Waals surface area contributed by atoms with Crippen LogP contribution < -0.4 is 10.6 Å². The van der Waals surface area contributed by atoms with E-state index in [1.165, 1.54) is 0 Å². The third-order valence-corrected chi connectivity index (χ3v) is 2.87. The summed E-state index contributed by atoms with van der Waals surface area (Å²) in [4.78, 5) is 15.8. The van der Waals surface area contributed by atoms with Gasteiger partial charge in [-0.1, -0.05) is 25.4 Å². The molecular weight excluding hydrogens is 226 g/mol. The molecule has 2 heterocycles. The second-order valence-electron chi connectivity index (χ2n) is 4.30. The van der Waals surface area contributed by atoms with Crippen molar-refractivity contribution in [2.45, 2.75) is 26.3 Å². The third-order valence-electron chi connectivity index (χ3n) is 2.66. The van der Waals surface area contributed by atoms with Crippen molar-refractivity contribution in [1.82, 2.24) is 4.98 Å². The Hall–Kier alpha value is -1.29. The van der Waals surface area contributed by atoms with Crippen molar-refractivity contribution in [1.29, 1.82) is 0 Å². The van der Waals surface area contributed by atoms with E-state index in [0.717, 1.165) is 0 Å². The summed E-state index contributed by atoms with van der Waals surface area (Å²) in [6.45, 7) is 4.15. The van der Waals surface area contributed by atoms with Crippen molar-refractivity contribution >= 4 is 29.0 Å². The Balaban J connectivity index is 2.35. The van der Waals surface area contributed by atoms with Gasteiger partial charge in [-0.15, -0.1) is 0 Å². The van der Waals surface area contributed by atoms with Gasteiger partial charge < -0.3 is 10.6 Å². The number of halogens is 1. The molecule has 1 amide bonds. The molecule has 2 N–H and O–H groups in total. The van der Waals surface area contributed by atoms with Gasteiger partial charge in [0, 0.05) is 18.7 Å². The van der Waals surface area contributed by atoms with E-state index in [0.29, 0.717) is 28.9 Å². The van der Waals surface area contributed by atoms with Crippen LogP contribution in [0.4, 0.5) is 11.5 Å². The second-order valence-corrected chi connectivity index (χ2v) is 4.73. The molecule has 86 valence electrons. The van der Waals surface area contributed by atoms with Crippen molar-refractivity contribution < 1.29 is 4.79 Å². The zero-order valence-electron chi connectivity index (χ0n) is 9.25. The smallest absolute Gasteiger partial charge is 0.226 e. The van der Waals surface area contributed by atoms with E-state index in [1.807, 2.05) is 0 Å². The van der Waals surface area contributed by atoms with Crippen molar-refractivity contribution in [3.8, 4) is 0 Å². The van der Waals surface area contributed by atoms with Crippen LogP contribution in [-0.4, -0.2) is 16.9 Å². The van der Waals surface area contributed by atoms with Crippen LogP contribution >= 0.6 is 11.6 Å². The van der Waals surface area contributed by atoms with Crippen LogP contribution in [-0.2, 0) is 4.79 Å². The molecule has 0 fully saturated rings. The Morgan fingerprint density at radius 3 is 3.00 bits per heavy atom. The largest absolute Gasteiger partial charge is 0.365 e. The first-order chi connectivity index (χ1) is 7.56. The summed E-state index contributed by atoms with van der Waals surface area (Å²) in [5.41, 5.74) is 0.653. The van der Waals surface area contributed by atoms with E-state index < -0.39 is 0 Å². The van der Waals surface area contributed by atoms with Gasteiger partial charge in [0.25, 0.3) is 0 Å². The number of nitrogens with one attached hydrogen (secondary N) is 2. The number of pyridine rings is 1. The first-order valence-corrected chi connectivity index (χ1v) is 5.66. The summed E-state index contributed by atoms with van der Waals surface area (Å²) in [6.07, 6.45) is 2.02. The summed E-state index contributed by atoms with van der Waals surface area (Å²) in [7, 11) is 0. The Bertz CT molecular complexity index is 420. The number of aromatic nitrogens is 1. The molecule has 0 spiro atoms. The highest BCUT2D eigenvalue weighted by Crippen LogP contribution is 2.28. The lowest BCUT2D eigenvalue weighted by molar-refractivity contribution is -0.116. The van der Waals surface area contributed by atoms with Crippen LogP contribution in [0.25, 0.3) is 0 Å². The number of fused-ring (bicyclic) bond motifs is 1. The second kappa shape index (κ2) is 4.29. The highest BCUT2D eigenvalue weighted by Gasteiger charge is 2.23. The van der Waals surface area contributed by atoms with Gasteiger partial charge >= 0.3 is 0 Å². The van der Waals surface area contributed by atoms with E-state index in [1.54, 1.807) is 12.3 Å². The first kappa shape index (κ1) is 11.2. The van der Waals surface area contributed by atoms with Crippen molar-refractivity contribution in [3.05, 3.63) is 17.3 Å². The van der Waals surface area contributed by atoms with Crippen LogP contribution in [0.2, 0.25) is 5.02 Å². The van der Waals surface area contributed by atoms with Gasteiger partial charge in [-0.25, -0.2) is 4.98 Å². The minimum atomic E-state index is -0.00554. The lowest BCUT2D eigenvalue weighted by atomic mass is 10.0. The Morgan fingerprint density at radius 1 is 1.56 bits per heavy atom. The van der Waals surface area contributed by atoms with E-state index >= 15 is 0 Å². The fourth-order valence-corrected chi connectivity index (χ4v) is 1.84. The number of hydrogen-bond acceptors (Lipinski definition) is 3. The fourth-order valence-electron chi connectivity index (χ4n) is 1.68. The molecule has 0 bridgehead atoms. The maximum atomic E-state index is 11.6. The van der Waals surface area contributed by atoms with E-state index in [4.69, 9.17) is 11.6 Å². The normalized spacial score (nSPS) is 19.8. The minimum Gasteiger partial charge on any atom is -0.365 e. The highest BCUT2D eigenvalue weighted by atomic mass is 35.5. The van der Waals surface area contributed by atoms with E-state index in [9.17, 15) is 4.79 Å². The van der Waals surface area contributed by atoms with Crippen molar-refractivity contribution in [3.63, 3.8) is 0 Å². The molecule has 1 aromatic rings. The molecule has 0 radical (unpaired) electrons. The van der Waals surface area contributed by atoms with E-state index in [-0.39, 0.29) is 11.9 Å². The van der Waals surface area contributed by atoms with Crippen molar-refractivity contribution in [2.24, 2.45) is 5.92 Å². The van der Waals surface area contributed by atoms with Gasteiger partial charge in [0.1, 0.15) is 5.82 Å². The molecule has 1 aliphatic heterocycles. The molecule has 0 saturated heterocycles. The van der Waals surface area contributed by atoms with Crippen LogP contribution in [0.1, 0.15) is 20.3 Å². The van der Waals surface area contributed by atoms with Crippen LogP contribution in [0.3, 0.4) is 0 Å². The van der Waals surface area contributed by atoms with Gasteiger partial charge in [0.15, 0.2) is 0 Å². The Morgan fingerprint density at radius 2 is 2.31 bits per heavy atom. The van der Waals surface area contributed by atoms with Crippen LogP contribution in [0.15, 0.2) is 12.3 Å². The highest BCUT2D eigenvalue weighted by molar-refractivity contribution is 6.30. The summed E-state index contributed by atoms with van der Waals surface area (Å²) in [5.74, 6) is 1.05. The lowest BCUT2D eigenvalue weighted by Gasteiger charge is -2.19. The maximum absolute atomic E-state index is 11.6. The quantitative estimate of drug-likeness (QED) is 0.792. The average molecular weight is 240 g/mol. The van der Waals surface area contributed by atoms with Crippen LogP contribution in [0.5, 0.6) is 0 Å². The van der Waals surface area contributed by atoms with Gasteiger partial charge in [-0.2, -0.15) is 0 Å². The van der Waals surface area contributed by atoms with Gasteiger partial charge in [-0.05, 0) is 12.0 Å². The molecule has 1 aromatic heterocycles. The SMILES string of the molecule is CC(C)C1CC(=O)Nc2cc(Cl)cnc2N1. The maximum Gasteiger partial charge on any atom is 0.226 e. The van der Waals surface area contributed by atoms with Crippen molar-refractivity contribution in [2.75, 3.05) is 10.6 Å². The molecule has 4 nitrogen and oxygen atoms in total. The average Bonchev–Trinajstić information content (AvgIpc) is 2.35. The molecular formula is C11H14ClN3O. The third kappa shape index (κ3) is 2.27. The molecule has 16 heavy (non-hydrogen) atoms. The minimum absolute atomic E-state index is 0.00554. The number of anilines is 2. The molecule has 5 heteroatoms. The lowest BCUT2D eigenvalue weighted by Crippen LogP contribution is -2.28. The van der Waals surface area contributed by atoms with Crippen LogP contribution in [0, 0.1) is 5.92 Å². The molecule has 1 aliphatic rings. The molecule has 0 aromatic carbocycles. The zero-order valence-corrected chi connectivity index (χ0v) is 10.0. The number of rotatable bonds is 1. The number of hydrogen-bond donors (Lipinski definition) is 2. The number of carbonyl (C=O) groups excluding carboxylic acids is 1. The first-order valence-electron chi connectivity index (χ1n) is 5.28. The molecule has 1 unspecified atom stereocenters.